The zero-order valence-electron chi connectivity index (χ0n) is 12.6. The van der Waals surface area contributed by atoms with E-state index in [0.29, 0.717) is 0 Å². The first-order chi connectivity index (χ1) is 8.68. The molecular weight excluding hydrogens is 224 g/mol. The van der Waals surface area contributed by atoms with Gasteiger partial charge < -0.3 is 15.0 Å². The van der Waals surface area contributed by atoms with E-state index in [-0.39, 0.29) is 0 Å². The van der Waals surface area contributed by atoms with Gasteiger partial charge in [0, 0.05) is 13.2 Å². The molecule has 3 heteroatoms. The fourth-order valence-electron chi connectivity index (χ4n) is 2.75. The van der Waals surface area contributed by atoms with Crippen LogP contribution in [0.4, 0.5) is 0 Å². The number of hydrogen-bond donors (Lipinski definition) is 1. The van der Waals surface area contributed by atoms with Crippen LogP contribution >= 0.6 is 0 Å². The van der Waals surface area contributed by atoms with Gasteiger partial charge in [-0.05, 0) is 58.3 Å². The third-order valence-electron chi connectivity index (χ3n) is 3.78. The van der Waals surface area contributed by atoms with Gasteiger partial charge in [0.2, 0.25) is 0 Å². The Kier molecular flexibility index (Phi) is 8.64. The molecule has 2 atom stereocenters. The Morgan fingerprint density at radius 1 is 1.22 bits per heavy atom. The van der Waals surface area contributed by atoms with E-state index in [2.05, 4.69) is 31.2 Å². The maximum absolute atomic E-state index is 5.78. The average Bonchev–Trinajstić information content (AvgIpc) is 2.32. The van der Waals surface area contributed by atoms with Gasteiger partial charge in [-0.25, -0.2) is 0 Å². The highest BCUT2D eigenvalue weighted by Crippen LogP contribution is 2.28. The number of hydrogen-bond acceptors (Lipinski definition) is 3. The van der Waals surface area contributed by atoms with Crippen molar-refractivity contribution in [1.29, 1.82) is 0 Å². The predicted octanol–water partition coefficient (Wildman–Crippen LogP) is 2.37. The minimum Gasteiger partial charge on any atom is -0.380 e. The monoisotopic (exact) mass is 256 g/mol. The average molecular weight is 256 g/mol. The van der Waals surface area contributed by atoms with Crippen molar-refractivity contribution in [3.8, 4) is 0 Å². The first-order valence-electron chi connectivity index (χ1n) is 7.61. The molecule has 0 bridgehead atoms. The van der Waals surface area contributed by atoms with Crippen molar-refractivity contribution in [2.45, 2.75) is 39.0 Å². The number of nitrogens with one attached hydrogen (secondary N) is 1. The lowest BCUT2D eigenvalue weighted by Crippen LogP contribution is -2.25. The molecule has 2 unspecified atom stereocenters. The zero-order valence-corrected chi connectivity index (χ0v) is 12.6. The molecule has 0 saturated heterocycles. The topological polar surface area (TPSA) is 24.5 Å². The first kappa shape index (κ1) is 15.9. The summed E-state index contributed by atoms with van der Waals surface area (Å²) < 4.78 is 5.78. The van der Waals surface area contributed by atoms with Gasteiger partial charge >= 0.3 is 0 Å². The van der Waals surface area contributed by atoms with Gasteiger partial charge in [0.15, 0.2) is 0 Å². The van der Waals surface area contributed by atoms with Crippen molar-refractivity contribution in [2.24, 2.45) is 11.8 Å². The molecule has 1 aliphatic rings. The van der Waals surface area contributed by atoms with Crippen LogP contribution in [-0.2, 0) is 4.74 Å². The summed E-state index contributed by atoms with van der Waals surface area (Å²) in [5.74, 6) is 1.74. The minimum atomic E-state index is 0.822. The Morgan fingerprint density at radius 2 is 2.06 bits per heavy atom. The van der Waals surface area contributed by atoms with Gasteiger partial charge in [0.05, 0.1) is 6.61 Å². The highest BCUT2D eigenvalue weighted by Gasteiger charge is 2.18. The molecule has 18 heavy (non-hydrogen) atoms. The number of ether oxygens (including phenoxy) is 1. The molecule has 1 rings (SSSR count). The third-order valence-corrected chi connectivity index (χ3v) is 3.78. The second kappa shape index (κ2) is 9.76. The summed E-state index contributed by atoms with van der Waals surface area (Å²) in [4.78, 5) is 2.22. The standard InChI is InChI=1S/C15H32N2O/c1-14-6-4-7-15(12-14)13-18-11-9-16-8-5-10-17(2)3/h14-16H,4-13H2,1-3H3. The van der Waals surface area contributed by atoms with Gasteiger partial charge in [-0.3, -0.25) is 0 Å². The van der Waals surface area contributed by atoms with Crippen molar-refractivity contribution >= 4 is 0 Å². The molecule has 3 nitrogen and oxygen atoms in total. The smallest absolute Gasteiger partial charge is 0.0591 e. The van der Waals surface area contributed by atoms with Gasteiger partial charge in [-0.15, -0.1) is 0 Å². The fourth-order valence-corrected chi connectivity index (χ4v) is 2.75. The van der Waals surface area contributed by atoms with Crippen molar-refractivity contribution in [2.75, 3.05) is 46.9 Å². The molecule has 1 aliphatic carbocycles. The maximum Gasteiger partial charge on any atom is 0.0591 e. The maximum atomic E-state index is 5.78. The SMILES string of the molecule is CC1CCCC(COCCNCCCN(C)C)C1. The molecule has 0 heterocycles. The van der Waals surface area contributed by atoms with Crippen molar-refractivity contribution in [1.82, 2.24) is 10.2 Å². The summed E-state index contributed by atoms with van der Waals surface area (Å²) in [6.45, 7) is 7.47. The Hall–Kier alpha value is -0.120. The molecule has 0 spiro atoms. The summed E-state index contributed by atoms with van der Waals surface area (Å²) >= 11 is 0. The summed E-state index contributed by atoms with van der Waals surface area (Å²) in [5, 5.41) is 3.44. The largest absolute Gasteiger partial charge is 0.380 e. The van der Waals surface area contributed by atoms with E-state index in [1.165, 1.54) is 32.1 Å². The van der Waals surface area contributed by atoms with Gasteiger partial charge in [0.25, 0.3) is 0 Å². The summed E-state index contributed by atoms with van der Waals surface area (Å²) in [6.07, 6.45) is 6.78. The fraction of sp³-hybridized carbons (Fsp3) is 1.00. The second-order valence-corrected chi connectivity index (χ2v) is 6.12. The van der Waals surface area contributed by atoms with Crippen LogP contribution in [0.1, 0.15) is 39.0 Å². The second-order valence-electron chi connectivity index (χ2n) is 6.12. The Balaban J connectivity index is 1.83. The third kappa shape index (κ3) is 8.06. The summed E-state index contributed by atoms with van der Waals surface area (Å²) in [7, 11) is 4.24. The molecule has 0 aliphatic heterocycles. The highest BCUT2D eigenvalue weighted by molar-refractivity contribution is 4.70. The van der Waals surface area contributed by atoms with Crippen molar-refractivity contribution in [3.05, 3.63) is 0 Å². The Bertz CT molecular complexity index is 197. The van der Waals surface area contributed by atoms with Crippen LogP contribution < -0.4 is 5.32 Å². The normalized spacial score (nSPS) is 24.7. The molecule has 108 valence electrons. The van der Waals surface area contributed by atoms with Crippen molar-refractivity contribution in [3.63, 3.8) is 0 Å². The van der Waals surface area contributed by atoms with E-state index in [0.717, 1.165) is 44.7 Å². The van der Waals surface area contributed by atoms with E-state index in [1.54, 1.807) is 0 Å². The van der Waals surface area contributed by atoms with Crippen LogP contribution in [0.25, 0.3) is 0 Å². The summed E-state index contributed by atoms with van der Waals surface area (Å²) in [6, 6.07) is 0. The minimum absolute atomic E-state index is 0.822. The lowest BCUT2D eigenvalue weighted by molar-refractivity contribution is 0.0780. The van der Waals surface area contributed by atoms with Gasteiger partial charge in [0.1, 0.15) is 0 Å². The quantitative estimate of drug-likeness (QED) is 0.641. The van der Waals surface area contributed by atoms with Crippen molar-refractivity contribution < 1.29 is 4.74 Å². The predicted molar refractivity (Wildman–Crippen MR) is 78.0 cm³/mol. The molecule has 0 aromatic carbocycles. The van der Waals surface area contributed by atoms with Crippen LogP contribution in [0.3, 0.4) is 0 Å². The van der Waals surface area contributed by atoms with Gasteiger partial charge in [-0.2, -0.15) is 0 Å². The number of nitrogens with zero attached hydrogens (tertiary/aromatic N) is 1. The van der Waals surface area contributed by atoms with E-state index in [9.17, 15) is 0 Å². The first-order valence-corrected chi connectivity index (χ1v) is 7.61. The Labute approximate surface area is 113 Å². The molecule has 1 N–H and O–H groups in total. The van der Waals surface area contributed by atoms with E-state index in [1.807, 2.05) is 0 Å². The van der Waals surface area contributed by atoms with Gasteiger partial charge in [-0.1, -0.05) is 19.8 Å². The van der Waals surface area contributed by atoms with E-state index in [4.69, 9.17) is 4.74 Å². The molecule has 0 aromatic heterocycles. The molecule has 1 fully saturated rings. The van der Waals surface area contributed by atoms with E-state index < -0.39 is 0 Å². The molecular formula is C15H32N2O. The molecule has 0 amide bonds. The molecule has 0 radical (unpaired) electrons. The van der Waals surface area contributed by atoms with Crippen LogP contribution in [0.15, 0.2) is 0 Å². The van der Waals surface area contributed by atoms with Crippen LogP contribution in [0, 0.1) is 11.8 Å². The zero-order chi connectivity index (χ0) is 13.2. The highest BCUT2D eigenvalue weighted by atomic mass is 16.5. The lowest BCUT2D eigenvalue weighted by atomic mass is 9.83. The van der Waals surface area contributed by atoms with E-state index >= 15 is 0 Å². The lowest BCUT2D eigenvalue weighted by Gasteiger charge is -2.26. The number of rotatable bonds is 9. The van der Waals surface area contributed by atoms with Crippen LogP contribution in [0.5, 0.6) is 0 Å². The summed E-state index contributed by atoms with van der Waals surface area (Å²) in [5.41, 5.74) is 0. The van der Waals surface area contributed by atoms with Crippen LogP contribution in [0.2, 0.25) is 0 Å². The molecule has 1 saturated carbocycles. The Morgan fingerprint density at radius 3 is 2.78 bits per heavy atom. The molecule has 0 aromatic rings. The van der Waals surface area contributed by atoms with Crippen LogP contribution in [-0.4, -0.2) is 51.8 Å².